The molecule has 2 nitrogen and oxygen atoms in total. The van der Waals surface area contributed by atoms with Crippen molar-refractivity contribution in [2.45, 2.75) is 33.1 Å². The SMILES string of the molecule is CCC1(CC)CN=C(NCC2CCSC2)SC1. The van der Waals surface area contributed by atoms with E-state index in [4.69, 9.17) is 4.99 Å². The average Bonchev–Trinajstić information content (AvgIpc) is 2.90. The zero-order chi connectivity index (χ0) is 12.1. The maximum atomic E-state index is 4.75. The second-order valence-corrected chi connectivity index (χ2v) is 7.34. The molecular weight excluding hydrogens is 248 g/mol. The first-order chi connectivity index (χ1) is 8.28. The van der Waals surface area contributed by atoms with Crippen LogP contribution in [0.3, 0.4) is 0 Å². The summed E-state index contributed by atoms with van der Waals surface area (Å²) in [6.45, 7) is 6.75. The van der Waals surface area contributed by atoms with Gasteiger partial charge in [0, 0.05) is 18.8 Å². The molecule has 0 aromatic rings. The first-order valence-electron chi connectivity index (χ1n) is 6.77. The Morgan fingerprint density at radius 3 is 2.76 bits per heavy atom. The van der Waals surface area contributed by atoms with Gasteiger partial charge < -0.3 is 5.32 Å². The first kappa shape index (κ1) is 13.6. The normalized spacial score (nSPS) is 27.9. The highest BCUT2D eigenvalue weighted by molar-refractivity contribution is 8.13. The molecule has 0 amide bonds. The predicted molar refractivity (Wildman–Crippen MR) is 81.2 cm³/mol. The second kappa shape index (κ2) is 6.37. The van der Waals surface area contributed by atoms with Crippen molar-refractivity contribution in [3.8, 4) is 0 Å². The summed E-state index contributed by atoms with van der Waals surface area (Å²) in [7, 11) is 0. The summed E-state index contributed by atoms with van der Waals surface area (Å²) in [5.41, 5.74) is 0.471. The number of rotatable bonds is 4. The maximum absolute atomic E-state index is 4.75. The molecule has 4 heteroatoms. The Hall–Kier alpha value is 0.170. The molecule has 0 aromatic carbocycles. The Bertz CT molecular complexity index is 269. The van der Waals surface area contributed by atoms with Gasteiger partial charge in [0.25, 0.3) is 0 Å². The lowest BCUT2D eigenvalue weighted by Gasteiger charge is -2.33. The fourth-order valence-corrected chi connectivity index (χ4v) is 4.88. The van der Waals surface area contributed by atoms with Crippen LogP contribution in [0.2, 0.25) is 0 Å². The van der Waals surface area contributed by atoms with Crippen LogP contribution in [-0.2, 0) is 0 Å². The Morgan fingerprint density at radius 1 is 1.41 bits per heavy atom. The Balaban J connectivity index is 1.77. The van der Waals surface area contributed by atoms with Gasteiger partial charge in [-0.15, -0.1) is 0 Å². The molecule has 0 radical (unpaired) electrons. The van der Waals surface area contributed by atoms with Crippen LogP contribution in [0.4, 0.5) is 0 Å². The summed E-state index contributed by atoms with van der Waals surface area (Å²) < 4.78 is 0. The lowest BCUT2D eigenvalue weighted by Crippen LogP contribution is -2.36. The Morgan fingerprint density at radius 2 is 2.24 bits per heavy atom. The number of hydrogen-bond donors (Lipinski definition) is 1. The number of thioether (sulfide) groups is 2. The van der Waals surface area contributed by atoms with Crippen molar-refractivity contribution in [3.63, 3.8) is 0 Å². The number of aliphatic imine (C=N–C) groups is 1. The number of amidine groups is 1. The third-order valence-electron chi connectivity index (χ3n) is 4.14. The summed E-state index contributed by atoms with van der Waals surface area (Å²) in [6.07, 6.45) is 3.89. The van der Waals surface area contributed by atoms with E-state index in [0.29, 0.717) is 5.41 Å². The molecule has 2 aliphatic rings. The summed E-state index contributed by atoms with van der Waals surface area (Å²) in [5, 5.41) is 4.74. The summed E-state index contributed by atoms with van der Waals surface area (Å²) in [6, 6.07) is 0. The van der Waals surface area contributed by atoms with Gasteiger partial charge in [0.15, 0.2) is 5.17 Å². The molecule has 0 aliphatic carbocycles. The summed E-state index contributed by atoms with van der Waals surface area (Å²) in [4.78, 5) is 4.75. The fourth-order valence-electron chi connectivity index (χ4n) is 2.31. The molecule has 17 heavy (non-hydrogen) atoms. The van der Waals surface area contributed by atoms with Crippen LogP contribution in [0.25, 0.3) is 0 Å². The van der Waals surface area contributed by atoms with E-state index in [1.807, 2.05) is 11.8 Å². The van der Waals surface area contributed by atoms with Gasteiger partial charge in [-0.25, -0.2) is 0 Å². The Kier molecular flexibility index (Phi) is 5.10. The van der Waals surface area contributed by atoms with Gasteiger partial charge in [0.05, 0.1) is 0 Å². The van der Waals surface area contributed by atoms with Gasteiger partial charge in [-0.1, -0.05) is 25.6 Å². The van der Waals surface area contributed by atoms with E-state index in [0.717, 1.165) is 19.0 Å². The third kappa shape index (κ3) is 3.57. The number of hydrogen-bond acceptors (Lipinski definition) is 4. The molecule has 1 unspecified atom stereocenters. The average molecular weight is 272 g/mol. The maximum Gasteiger partial charge on any atom is 0.156 e. The molecule has 2 rings (SSSR count). The fraction of sp³-hybridized carbons (Fsp3) is 0.923. The van der Waals surface area contributed by atoms with Crippen molar-refractivity contribution in [2.75, 3.05) is 30.3 Å². The van der Waals surface area contributed by atoms with Crippen molar-refractivity contribution in [1.29, 1.82) is 0 Å². The van der Waals surface area contributed by atoms with Crippen molar-refractivity contribution in [1.82, 2.24) is 5.32 Å². The lowest BCUT2D eigenvalue weighted by atomic mass is 9.84. The van der Waals surface area contributed by atoms with E-state index in [2.05, 4.69) is 30.9 Å². The second-order valence-electron chi connectivity index (χ2n) is 5.23. The van der Waals surface area contributed by atoms with Crippen LogP contribution >= 0.6 is 23.5 Å². The highest BCUT2D eigenvalue weighted by Crippen LogP contribution is 2.34. The van der Waals surface area contributed by atoms with Crippen LogP contribution in [-0.4, -0.2) is 35.5 Å². The van der Waals surface area contributed by atoms with E-state index in [1.165, 1.54) is 41.7 Å². The molecule has 1 atom stereocenters. The standard InChI is InChI=1S/C13H24N2S2/c1-3-13(4-2)9-15-12(17-10-13)14-7-11-5-6-16-8-11/h11H,3-10H2,1-2H3,(H,14,15). The molecule has 2 aliphatic heterocycles. The van der Waals surface area contributed by atoms with E-state index < -0.39 is 0 Å². The minimum absolute atomic E-state index is 0.471. The summed E-state index contributed by atoms with van der Waals surface area (Å²) in [5.74, 6) is 4.79. The Labute approximate surface area is 114 Å². The molecule has 1 saturated heterocycles. The highest BCUT2D eigenvalue weighted by Gasteiger charge is 2.30. The first-order valence-corrected chi connectivity index (χ1v) is 8.91. The van der Waals surface area contributed by atoms with Gasteiger partial charge in [-0.3, -0.25) is 4.99 Å². The molecule has 1 fully saturated rings. The van der Waals surface area contributed by atoms with Gasteiger partial charge in [0.1, 0.15) is 0 Å². The van der Waals surface area contributed by atoms with Gasteiger partial charge in [-0.05, 0) is 42.1 Å². The van der Waals surface area contributed by atoms with E-state index in [9.17, 15) is 0 Å². The van der Waals surface area contributed by atoms with Gasteiger partial charge in [-0.2, -0.15) is 11.8 Å². The van der Waals surface area contributed by atoms with Crippen molar-refractivity contribution >= 4 is 28.7 Å². The van der Waals surface area contributed by atoms with Crippen LogP contribution in [0.1, 0.15) is 33.1 Å². The zero-order valence-electron chi connectivity index (χ0n) is 11.0. The predicted octanol–water partition coefficient (Wildman–Crippen LogP) is 3.24. The minimum Gasteiger partial charge on any atom is -0.365 e. The third-order valence-corrected chi connectivity index (χ3v) is 6.67. The van der Waals surface area contributed by atoms with E-state index in [-0.39, 0.29) is 0 Å². The topological polar surface area (TPSA) is 24.4 Å². The van der Waals surface area contributed by atoms with Crippen LogP contribution < -0.4 is 5.32 Å². The molecule has 0 saturated carbocycles. The minimum atomic E-state index is 0.471. The van der Waals surface area contributed by atoms with Crippen molar-refractivity contribution in [3.05, 3.63) is 0 Å². The molecule has 0 aromatic heterocycles. The number of nitrogens with zero attached hydrogens (tertiary/aromatic N) is 1. The zero-order valence-corrected chi connectivity index (χ0v) is 12.6. The smallest absolute Gasteiger partial charge is 0.156 e. The van der Waals surface area contributed by atoms with Crippen LogP contribution in [0.5, 0.6) is 0 Å². The van der Waals surface area contributed by atoms with Crippen molar-refractivity contribution in [2.24, 2.45) is 16.3 Å². The molecule has 0 bridgehead atoms. The monoisotopic (exact) mass is 272 g/mol. The molecule has 1 N–H and O–H groups in total. The molecule has 0 spiro atoms. The molecule has 98 valence electrons. The summed E-state index contributed by atoms with van der Waals surface area (Å²) >= 11 is 4.02. The molecular formula is C13H24N2S2. The number of nitrogens with one attached hydrogen (secondary N) is 1. The van der Waals surface area contributed by atoms with Gasteiger partial charge >= 0.3 is 0 Å². The van der Waals surface area contributed by atoms with Crippen molar-refractivity contribution < 1.29 is 0 Å². The van der Waals surface area contributed by atoms with E-state index in [1.54, 1.807) is 0 Å². The molecule has 2 heterocycles. The quantitative estimate of drug-likeness (QED) is 0.850. The lowest BCUT2D eigenvalue weighted by molar-refractivity contribution is 0.318. The van der Waals surface area contributed by atoms with E-state index >= 15 is 0 Å². The van der Waals surface area contributed by atoms with Gasteiger partial charge in [0.2, 0.25) is 0 Å². The largest absolute Gasteiger partial charge is 0.365 e. The van der Waals surface area contributed by atoms with Crippen LogP contribution in [0, 0.1) is 11.3 Å². The highest BCUT2D eigenvalue weighted by atomic mass is 32.2. The van der Waals surface area contributed by atoms with Crippen LogP contribution in [0.15, 0.2) is 4.99 Å².